The number of benzene rings is 1. The van der Waals surface area contributed by atoms with Crippen LogP contribution in [0.3, 0.4) is 0 Å². The topological polar surface area (TPSA) is 38.3 Å². The average Bonchev–Trinajstić information content (AvgIpc) is 2.41. The summed E-state index contributed by atoms with van der Waals surface area (Å²) in [5, 5.41) is 3.23. The molecule has 1 aromatic carbocycles. The molecule has 3 heteroatoms. The van der Waals surface area contributed by atoms with Crippen molar-refractivity contribution in [1.29, 1.82) is 0 Å². The van der Waals surface area contributed by atoms with Gasteiger partial charge in [0.05, 0.1) is 6.10 Å². The van der Waals surface area contributed by atoms with Gasteiger partial charge >= 0.3 is 0 Å². The molecule has 1 aliphatic heterocycles. The average molecular weight is 219 g/mol. The molecule has 0 amide bonds. The molecule has 0 saturated heterocycles. The van der Waals surface area contributed by atoms with Gasteiger partial charge in [-0.2, -0.15) is 0 Å². The minimum absolute atomic E-state index is 0.136. The molecule has 0 saturated carbocycles. The van der Waals surface area contributed by atoms with Crippen LogP contribution in [0.5, 0.6) is 5.75 Å². The van der Waals surface area contributed by atoms with E-state index < -0.39 is 0 Å². The molecule has 0 radical (unpaired) electrons. The van der Waals surface area contributed by atoms with Crippen LogP contribution in [0, 0.1) is 0 Å². The summed E-state index contributed by atoms with van der Waals surface area (Å²) in [5.41, 5.74) is 1.88. The number of ether oxygens (including phenoxy) is 1. The van der Waals surface area contributed by atoms with Crippen molar-refractivity contribution in [2.24, 2.45) is 0 Å². The van der Waals surface area contributed by atoms with E-state index in [9.17, 15) is 4.79 Å². The van der Waals surface area contributed by atoms with Crippen molar-refractivity contribution in [2.45, 2.75) is 32.9 Å². The maximum atomic E-state index is 11.8. The van der Waals surface area contributed by atoms with E-state index in [2.05, 4.69) is 5.32 Å². The Balaban J connectivity index is 2.31. The minimum Gasteiger partial charge on any atom is -0.491 e. The van der Waals surface area contributed by atoms with Crippen molar-refractivity contribution in [3.63, 3.8) is 0 Å². The second-order valence-corrected chi connectivity index (χ2v) is 4.34. The number of hydrogen-bond acceptors (Lipinski definition) is 3. The van der Waals surface area contributed by atoms with Gasteiger partial charge in [0.15, 0.2) is 5.78 Å². The van der Waals surface area contributed by atoms with Gasteiger partial charge in [0, 0.05) is 25.1 Å². The molecule has 0 atom stereocenters. The fraction of sp³-hybridized carbons (Fsp3) is 0.462. The van der Waals surface area contributed by atoms with E-state index in [1.54, 1.807) is 0 Å². The van der Waals surface area contributed by atoms with Crippen LogP contribution in [0.4, 0.5) is 0 Å². The lowest BCUT2D eigenvalue weighted by Gasteiger charge is -2.12. The number of carbonyl (C=O) groups excluding carboxylic acids is 1. The molecule has 0 bridgehead atoms. The third kappa shape index (κ3) is 2.42. The third-order valence-corrected chi connectivity index (χ3v) is 2.60. The highest BCUT2D eigenvalue weighted by molar-refractivity contribution is 5.98. The smallest absolute Gasteiger partial charge is 0.164 e. The molecule has 1 heterocycles. The summed E-state index contributed by atoms with van der Waals surface area (Å²) in [7, 11) is 0. The fourth-order valence-corrected chi connectivity index (χ4v) is 1.87. The van der Waals surface area contributed by atoms with Gasteiger partial charge in [-0.05, 0) is 31.5 Å². The second-order valence-electron chi connectivity index (χ2n) is 4.34. The van der Waals surface area contributed by atoms with Gasteiger partial charge in [-0.15, -0.1) is 0 Å². The molecule has 0 aliphatic carbocycles. The summed E-state index contributed by atoms with van der Waals surface area (Å²) >= 11 is 0. The van der Waals surface area contributed by atoms with Crippen LogP contribution in [-0.2, 0) is 6.54 Å². The Labute approximate surface area is 95.8 Å². The quantitative estimate of drug-likeness (QED) is 0.828. The molecule has 1 N–H and O–H groups in total. The highest BCUT2D eigenvalue weighted by atomic mass is 16.5. The van der Waals surface area contributed by atoms with Crippen LogP contribution in [0.15, 0.2) is 18.2 Å². The summed E-state index contributed by atoms with van der Waals surface area (Å²) in [5.74, 6) is 0.984. The van der Waals surface area contributed by atoms with Gasteiger partial charge in [-0.25, -0.2) is 0 Å². The number of rotatable bonds is 2. The van der Waals surface area contributed by atoms with Crippen LogP contribution >= 0.6 is 0 Å². The van der Waals surface area contributed by atoms with Crippen molar-refractivity contribution in [3.8, 4) is 5.75 Å². The molecule has 0 unspecified atom stereocenters. The number of fused-ring (bicyclic) bond motifs is 1. The molecule has 0 spiro atoms. The summed E-state index contributed by atoms with van der Waals surface area (Å²) in [6.45, 7) is 5.49. The van der Waals surface area contributed by atoms with E-state index in [0.29, 0.717) is 6.42 Å². The van der Waals surface area contributed by atoms with Crippen LogP contribution in [0.2, 0.25) is 0 Å². The van der Waals surface area contributed by atoms with Crippen molar-refractivity contribution < 1.29 is 9.53 Å². The standard InChI is InChI=1S/C13H17NO2/c1-9(2)16-11-4-3-10-8-14-6-5-13(15)12(10)7-11/h3-4,7,9,14H,5-6,8H2,1-2H3. The van der Waals surface area contributed by atoms with Gasteiger partial charge in [-0.3, -0.25) is 4.79 Å². The molecule has 86 valence electrons. The molecule has 16 heavy (non-hydrogen) atoms. The van der Waals surface area contributed by atoms with Crippen molar-refractivity contribution in [2.75, 3.05) is 6.54 Å². The molecule has 3 nitrogen and oxygen atoms in total. The first-order chi connectivity index (χ1) is 7.66. The first kappa shape index (κ1) is 11.1. The lowest BCUT2D eigenvalue weighted by Crippen LogP contribution is -2.12. The first-order valence-corrected chi connectivity index (χ1v) is 5.70. The van der Waals surface area contributed by atoms with E-state index in [4.69, 9.17) is 4.74 Å². The Hall–Kier alpha value is -1.35. The van der Waals surface area contributed by atoms with Crippen molar-refractivity contribution in [1.82, 2.24) is 5.32 Å². The molecule has 1 aliphatic rings. The summed E-state index contributed by atoms with van der Waals surface area (Å²) < 4.78 is 5.60. The van der Waals surface area contributed by atoms with Crippen LogP contribution in [0.25, 0.3) is 0 Å². The van der Waals surface area contributed by atoms with Crippen molar-refractivity contribution in [3.05, 3.63) is 29.3 Å². The Morgan fingerprint density at radius 3 is 2.94 bits per heavy atom. The van der Waals surface area contributed by atoms with E-state index >= 15 is 0 Å². The predicted octanol–water partition coefficient (Wildman–Crippen LogP) is 2.15. The number of nitrogens with one attached hydrogen (secondary N) is 1. The predicted molar refractivity (Wildman–Crippen MR) is 62.9 cm³/mol. The number of carbonyl (C=O) groups is 1. The molecular formula is C13H17NO2. The van der Waals surface area contributed by atoms with Gasteiger partial charge < -0.3 is 10.1 Å². The fourth-order valence-electron chi connectivity index (χ4n) is 1.87. The lowest BCUT2D eigenvalue weighted by molar-refractivity contribution is 0.0984. The van der Waals surface area contributed by atoms with Gasteiger partial charge in [0.25, 0.3) is 0 Å². The molecule has 0 aromatic heterocycles. The number of Topliss-reactive ketones (excluding diaryl/α,β-unsaturated/α-hetero) is 1. The number of hydrogen-bond donors (Lipinski definition) is 1. The second kappa shape index (κ2) is 4.66. The maximum absolute atomic E-state index is 11.8. The van der Waals surface area contributed by atoms with Crippen LogP contribution < -0.4 is 10.1 Å². The zero-order chi connectivity index (χ0) is 11.5. The lowest BCUT2D eigenvalue weighted by atomic mass is 10.0. The summed E-state index contributed by atoms with van der Waals surface area (Å²) in [6.07, 6.45) is 0.704. The monoisotopic (exact) mass is 219 g/mol. The Morgan fingerprint density at radius 1 is 1.38 bits per heavy atom. The maximum Gasteiger partial charge on any atom is 0.164 e. The number of ketones is 1. The largest absolute Gasteiger partial charge is 0.491 e. The Kier molecular flexibility index (Phi) is 3.25. The normalized spacial score (nSPS) is 15.8. The van der Waals surface area contributed by atoms with Crippen LogP contribution in [0.1, 0.15) is 36.2 Å². The zero-order valence-electron chi connectivity index (χ0n) is 9.75. The first-order valence-electron chi connectivity index (χ1n) is 5.70. The summed E-state index contributed by atoms with van der Waals surface area (Å²) in [6, 6.07) is 5.77. The SMILES string of the molecule is CC(C)Oc1ccc2c(c1)C(=O)CCNC2. The van der Waals surface area contributed by atoms with E-state index in [-0.39, 0.29) is 11.9 Å². The molecule has 2 rings (SSSR count). The molecule has 0 fully saturated rings. The van der Waals surface area contributed by atoms with Gasteiger partial charge in [0.2, 0.25) is 0 Å². The third-order valence-electron chi connectivity index (χ3n) is 2.60. The molecule has 1 aromatic rings. The van der Waals surface area contributed by atoms with Gasteiger partial charge in [0.1, 0.15) is 5.75 Å². The van der Waals surface area contributed by atoms with Gasteiger partial charge in [-0.1, -0.05) is 6.07 Å². The Bertz CT molecular complexity index is 399. The minimum atomic E-state index is 0.136. The van der Waals surface area contributed by atoms with E-state index in [0.717, 1.165) is 30.0 Å². The highest BCUT2D eigenvalue weighted by Crippen LogP contribution is 2.21. The van der Waals surface area contributed by atoms with E-state index in [1.165, 1.54) is 0 Å². The van der Waals surface area contributed by atoms with E-state index in [1.807, 2.05) is 32.0 Å². The zero-order valence-corrected chi connectivity index (χ0v) is 9.75. The van der Waals surface area contributed by atoms with Crippen molar-refractivity contribution >= 4 is 5.78 Å². The molecular weight excluding hydrogens is 202 g/mol. The highest BCUT2D eigenvalue weighted by Gasteiger charge is 2.15. The summed E-state index contributed by atoms with van der Waals surface area (Å²) in [4.78, 5) is 11.8. The van der Waals surface area contributed by atoms with Crippen LogP contribution in [-0.4, -0.2) is 18.4 Å². The Morgan fingerprint density at radius 2 is 2.19 bits per heavy atom.